The summed E-state index contributed by atoms with van der Waals surface area (Å²) in [4.78, 5) is 13.3. The third-order valence-electron chi connectivity index (χ3n) is 1.71. The van der Waals surface area contributed by atoms with Crippen molar-refractivity contribution in [2.24, 2.45) is 0 Å². The average molecular weight is 243 g/mol. The smallest absolute Gasteiger partial charge is 0.400 e. The van der Waals surface area contributed by atoms with Gasteiger partial charge in [-0.1, -0.05) is 0 Å². The number of aryl methyl sites for hydroxylation is 1. The lowest BCUT2D eigenvalue weighted by atomic mass is 10.2. The van der Waals surface area contributed by atoms with Gasteiger partial charge in [0.25, 0.3) is 6.43 Å². The summed E-state index contributed by atoms with van der Waals surface area (Å²) in [5.74, 6) is -1.16. The molecule has 0 radical (unpaired) electrons. The Hall–Kier alpha value is -1.60. The van der Waals surface area contributed by atoms with Gasteiger partial charge in [-0.2, -0.15) is 0 Å². The molecule has 0 fully saturated rings. The predicted molar refractivity (Wildman–Crippen MR) is 43.4 cm³/mol. The second-order valence-electron chi connectivity index (χ2n) is 2.88. The molecular weight excluding hydrogens is 237 g/mol. The second-order valence-corrected chi connectivity index (χ2v) is 2.88. The highest BCUT2D eigenvalue weighted by atomic mass is 19.4. The van der Waals surface area contributed by atoms with Crippen molar-refractivity contribution in [1.82, 2.24) is 4.98 Å². The standard InChI is InChI=1S/C8H6F5NO2/c1-3-6(16-8(11,12)13)5(15)4(2-14-3)7(9)10/h2,7H,1H3,(H,14,15). The normalized spacial score (nSPS) is 11.9. The number of hydrogen-bond acceptors (Lipinski definition) is 2. The molecule has 1 heterocycles. The Morgan fingerprint density at radius 3 is 2.38 bits per heavy atom. The molecule has 90 valence electrons. The van der Waals surface area contributed by atoms with Crippen molar-refractivity contribution in [3.8, 4) is 5.75 Å². The van der Waals surface area contributed by atoms with Crippen molar-refractivity contribution in [2.75, 3.05) is 0 Å². The maximum atomic E-state index is 12.2. The van der Waals surface area contributed by atoms with Gasteiger partial charge in [0, 0.05) is 6.20 Å². The molecule has 0 aliphatic carbocycles. The molecule has 0 saturated heterocycles. The molecule has 1 aromatic heterocycles. The SMILES string of the molecule is Cc1[nH]cc(C(F)F)c(=O)c1OC(F)(F)F. The number of ether oxygens (including phenoxy) is 1. The number of pyridine rings is 1. The number of nitrogens with one attached hydrogen (secondary N) is 1. The van der Waals surface area contributed by atoms with Gasteiger partial charge in [-0.15, -0.1) is 13.2 Å². The number of rotatable bonds is 2. The van der Waals surface area contributed by atoms with Crippen LogP contribution in [0.3, 0.4) is 0 Å². The fourth-order valence-corrected chi connectivity index (χ4v) is 1.02. The zero-order chi connectivity index (χ0) is 12.5. The molecule has 0 atom stereocenters. The Morgan fingerprint density at radius 1 is 1.38 bits per heavy atom. The predicted octanol–water partition coefficient (Wildman–Crippen LogP) is 2.52. The van der Waals surface area contributed by atoms with E-state index in [1.165, 1.54) is 0 Å². The summed E-state index contributed by atoms with van der Waals surface area (Å²) in [7, 11) is 0. The van der Waals surface area contributed by atoms with Crippen molar-refractivity contribution in [3.05, 3.63) is 27.7 Å². The van der Waals surface area contributed by atoms with E-state index in [1.54, 1.807) is 0 Å². The van der Waals surface area contributed by atoms with E-state index < -0.39 is 29.5 Å². The van der Waals surface area contributed by atoms with Crippen LogP contribution in [0, 0.1) is 6.92 Å². The molecule has 0 spiro atoms. The van der Waals surface area contributed by atoms with Crippen LogP contribution >= 0.6 is 0 Å². The lowest BCUT2D eigenvalue weighted by Gasteiger charge is -2.11. The van der Waals surface area contributed by atoms with E-state index in [1.807, 2.05) is 0 Å². The second kappa shape index (κ2) is 4.11. The van der Waals surface area contributed by atoms with E-state index in [4.69, 9.17) is 0 Å². The van der Waals surface area contributed by atoms with Crippen LogP contribution in [0.1, 0.15) is 17.7 Å². The van der Waals surface area contributed by atoms with E-state index in [9.17, 15) is 26.7 Å². The van der Waals surface area contributed by atoms with Crippen LogP contribution in [0.15, 0.2) is 11.0 Å². The molecule has 0 amide bonds. The first kappa shape index (κ1) is 12.5. The summed E-state index contributed by atoms with van der Waals surface area (Å²) in [5.41, 5.74) is -2.81. The van der Waals surface area contributed by atoms with Gasteiger partial charge in [-0.3, -0.25) is 4.79 Å². The molecule has 0 aliphatic heterocycles. The zero-order valence-electron chi connectivity index (χ0n) is 7.86. The molecule has 0 saturated carbocycles. The van der Waals surface area contributed by atoms with Gasteiger partial charge in [0.1, 0.15) is 0 Å². The topological polar surface area (TPSA) is 42.1 Å². The minimum Gasteiger partial charge on any atom is -0.400 e. The fourth-order valence-electron chi connectivity index (χ4n) is 1.02. The van der Waals surface area contributed by atoms with Crippen molar-refractivity contribution >= 4 is 0 Å². The van der Waals surface area contributed by atoms with Crippen LogP contribution in [0.4, 0.5) is 22.0 Å². The summed E-state index contributed by atoms with van der Waals surface area (Å²) < 4.78 is 63.4. The lowest BCUT2D eigenvalue weighted by Crippen LogP contribution is -2.24. The molecule has 16 heavy (non-hydrogen) atoms. The molecule has 0 unspecified atom stereocenters. The van der Waals surface area contributed by atoms with E-state index in [0.717, 1.165) is 6.92 Å². The van der Waals surface area contributed by atoms with E-state index in [2.05, 4.69) is 9.72 Å². The summed E-state index contributed by atoms with van der Waals surface area (Å²) >= 11 is 0. The quantitative estimate of drug-likeness (QED) is 0.811. The molecule has 0 bridgehead atoms. The number of hydrogen-bond donors (Lipinski definition) is 1. The third-order valence-corrected chi connectivity index (χ3v) is 1.71. The molecule has 1 aromatic rings. The molecule has 1 N–H and O–H groups in total. The van der Waals surface area contributed by atoms with Crippen LogP contribution in [0.2, 0.25) is 0 Å². The Morgan fingerprint density at radius 2 is 1.94 bits per heavy atom. The first-order chi connectivity index (χ1) is 7.22. The van der Waals surface area contributed by atoms with Gasteiger partial charge >= 0.3 is 6.36 Å². The highest BCUT2D eigenvalue weighted by molar-refractivity contribution is 5.31. The maximum Gasteiger partial charge on any atom is 0.573 e. The van der Waals surface area contributed by atoms with Gasteiger partial charge in [-0.25, -0.2) is 8.78 Å². The van der Waals surface area contributed by atoms with E-state index >= 15 is 0 Å². The Balaban J connectivity index is 3.28. The van der Waals surface area contributed by atoms with Crippen molar-refractivity contribution in [1.29, 1.82) is 0 Å². The first-order valence-corrected chi connectivity index (χ1v) is 3.98. The number of halogens is 5. The largest absolute Gasteiger partial charge is 0.573 e. The van der Waals surface area contributed by atoms with Crippen molar-refractivity contribution in [3.63, 3.8) is 0 Å². The zero-order valence-corrected chi connectivity index (χ0v) is 7.86. The minimum atomic E-state index is -5.10. The lowest BCUT2D eigenvalue weighted by molar-refractivity contribution is -0.275. The first-order valence-electron chi connectivity index (χ1n) is 3.98. The Bertz CT molecular complexity index is 437. The molecule has 0 aliphatic rings. The molecular formula is C8H6F5NO2. The number of H-pyrrole nitrogens is 1. The van der Waals surface area contributed by atoms with Crippen LogP contribution in [0.5, 0.6) is 5.75 Å². The average Bonchev–Trinajstić information content (AvgIpc) is 2.10. The van der Waals surface area contributed by atoms with Gasteiger partial charge < -0.3 is 9.72 Å². The van der Waals surface area contributed by atoms with E-state index in [-0.39, 0.29) is 5.69 Å². The molecule has 1 rings (SSSR count). The number of alkyl halides is 5. The van der Waals surface area contributed by atoms with Crippen LogP contribution in [0.25, 0.3) is 0 Å². The highest BCUT2D eigenvalue weighted by Gasteiger charge is 2.34. The Labute approximate surface area is 85.8 Å². The molecule has 0 aromatic carbocycles. The van der Waals surface area contributed by atoms with Crippen molar-refractivity contribution in [2.45, 2.75) is 19.7 Å². The van der Waals surface area contributed by atoms with Crippen molar-refractivity contribution < 1.29 is 26.7 Å². The maximum absolute atomic E-state index is 12.2. The van der Waals surface area contributed by atoms with Crippen LogP contribution in [-0.4, -0.2) is 11.3 Å². The van der Waals surface area contributed by atoms with E-state index in [0.29, 0.717) is 6.20 Å². The van der Waals surface area contributed by atoms with Crippen LogP contribution in [-0.2, 0) is 0 Å². The summed E-state index contributed by atoms with van der Waals surface area (Å²) in [5, 5.41) is 0. The van der Waals surface area contributed by atoms with Gasteiger partial charge in [0.2, 0.25) is 5.43 Å². The summed E-state index contributed by atoms with van der Waals surface area (Å²) in [6.45, 7) is 1.11. The van der Waals surface area contributed by atoms with Gasteiger partial charge in [0.15, 0.2) is 5.75 Å². The summed E-state index contributed by atoms with van der Waals surface area (Å²) in [6.07, 6.45) is -7.61. The van der Waals surface area contributed by atoms with Gasteiger partial charge in [-0.05, 0) is 6.92 Å². The van der Waals surface area contributed by atoms with Crippen LogP contribution < -0.4 is 10.2 Å². The monoisotopic (exact) mass is 243 g/mol. The summed E-state index contributed by atoms with van der Waals surface area (Å²) in [6, 6.07) is 0. The molecule has 8 heteroatoms. The minimum absolute atomic E-state index is 0.272. The Kier molecular flexibility index (Phi) is 3.20. The molecule has 3 nitrogen and oxygen atoms in total. The fraction of sp³-hybridized carbons (Fsp3) is 0.375. The third kappa shape index (κ3) is 2.71. The number of aromatic amines is 1. The van der Waals surface area contributed by atoms with Gasteiger partial charge in [0.05, 0.1) is 11.3 Å². The highest BCUT2D eigenvalue weighted by Crippen LogP contribution is 2.24. The number of aromatic nitrogens is 1.